The third-order valence-corrected chi connectivity index (χ3v) is 4.07. The summed E-state index contributed by atoms with van der Waals surface area (Å²) in [6.45, 7) is 0.767. The molecule has 1 aromatic heterocycles. The number of halogens is 1. The summed E-state index contributed by atoms with van der Waals surface area (Å²) in [5.74, 6) is 0.813. The summed E-state index contributed by atoms with van der Waals surface area (Å²) >= 11 is 0. The van der Waals surface area contributed by atoms with Crippen LogP contribution in [0, 0.1) is 0 Å². The molecule has 0 aliphatic heterocycles. The monoisotopic (exact) mass is 406 g/mol. The first-order valence-electron chi connectivity index (χ1n) is 8.33. The van der Waals surface area contributed by atoms with Gasteiger partial charge in [-0.2, -0.15) is 4.57 Å². The molecule has 0 aliphatic rings. The minimum Gasteiger partial charge on any atom is -1.00 e. The number of anilines is 1. The Kier molecular flexibility index (Phi) is 5.87. The minimum absolute atomic E-state index is 0. The van der Waals surface area contributed by atoms with Gasteiger partial charge in [0.25, 0.3) is 5.52 Å². The summed E-state index contributed by atoms with van der Waals surface area (Å²) in [5, 5.41) is 3.27. The average molecular weight is 407 g/mol. The van der Waals surface area contributed by atoms with Crippen molar-refractivity contribution in [2.75, 3.05) is 5.32 Å². The van der Waals surface area contributed by atoms with Crippen molar-refractivity contribution >= 4 is 22.9 Å². The molecule has 0 bridgehead atoms. The van der Waals surface area contributed by atoms with Gasteiger partial charge in [0.2, 0.25) is 5.58 Å². The molecule has 0 unspecified atom stereocenters. The number of benzene rings is 3. The van der Waals surface area contributed by atoms with Crippen LogP contribution in [-0.2, 0) is 6.54 Å². The third kappa shape index (κ3) is 4.03. The van der Waals surface area contributed by atoms with Gasteiger partial charge in [-0.25, -0.2) is 0 Å². The van der Waals surface area contributed by atoms with Gasteiger partial charge in [-0.1, -0.05) is 60.7 Å². The van der Waals surface area contributed by atoms with E-state index in [4.69, 9.17) is 4.42 Å². The van der Waals surface area contributed by atoms with Gasteiger partial charge in [-0.3, -0.25) is 0 Å². The highest BCUT2D eigenvalue weighted by atomic mass is 79.9. The van der Waals surface area contributed by atoms with E-state index >= 15 is 0 Å². The second-order valence-corrected chi connectivity index (χ2v) is 5.82. The standard InChI is InChI=1S/C22H18N2O.BrH/c1-3-9-18(10-4-1)17-24-20-13-7-8-14-21(20)25-22(24)15-16-23-19-11-5-2-6-12-19;/h1-16H,17H2;1H. The molecule has 0 fully saturated rings. The van der Waals surface area contributed by atoms with E-state index in [0.717, 1.165) is 29.2 Å². The highest BCUT2D eigenvalue weighted by Gasteiger charge is 2.20. The highest BCUT2D eigenvalue weighted by Crippen LogP contribution is 2.16. The molecule has 3 aromatic carbocycles. The normalized spacial score (nSPS) is 10.8. The highest BCUT2D eigenvalue weighted by molar-refractivity contribution is 5.69. The number of hydrogen-bond acceptors (Lipinski definition) is 2. The van der Waals surface area contributed by atoms with Gasteiger partial charge in [-0.05, 0) is 18.2 Å². The molecule has 130 valence electrons. The Labute approximate surface area is 163 Å². The molecule has 0 aliphatic carbocycles. The van der Waals surface area contributed by atoms with Gasteiger partial charge in [0.15, 0.2) is 6.54 Å². The summed E-state index contributed by atoms with van der Waals surface area (Å²) in [5.41, 5.74) is 4.26. The maximum atomic E-state index is 6.05. The maximum Gasteiger partial charge on any atom is 0.375 e. The lowest BCUT2D eigenvalue weighted by molar-refractivity contribution is -0.669. The average Bonchev–Trinajstić information content (AvgIpc) is 3.01. The van der Waals surface area contributed by atoms with Crippen LogP contribution in [0.25, 0.3) is 17.2 Å². The van der Waals surface area contributed by atoms with Gasteiger partial charge < -0.3 is 26.7 Å². The number of aromatic nitrogens is 1. The van der Waals surface area contributed by atoms with Crippen molar-refractivity contribution in [3.63, 3.8) is 0 Å². The van der Waals surface area contributed by atoms with E-state index in [2.05, 4.69) is 40.2 Å². The smallest absolute Gasteiger partial charge is 0.375 e. The summed E-state index contributed by atoms with van der Waals surface area (Å²) in [6.07, 6.45) is 3.88. The number of para-hydroxylation sites is 3. The molecular formula is C22H19BrN2O. The van der Waals surface area contributed by atoms with Crippen molar-refractivity contribution in [1.82, 2.24) is 0 Å². The topological polar surface area (TPSA) is 29.0 Å². The quantitative estimate of drug-likeness (QED) is 0.512. The van der Waals surface area contributed by atoms with Crippen molar-refractivity contribution in [1.29, 1.82) is 0 Å². The van der Waals surface area contributed by atoms with Crippen molar-refractivity contribution in [2.45, 2.75) is 6.54 Å². The first kappa shape index (κ1) is 18.0. The Hall–Kier alpha value is -2.85. The predicted molar refractivity (Wildman–Crippen MR) is 101 cm³/mol. The van der Waals surface area contributed by atoms with Gasteiger partial charge in [-0.15, -0.1) is 0 Å². The van der Waals surface area contributed by atoms with Crippen molar-refractivity contribution in [3.05, 3.63) is 103 Å². The molecule has 26 heavy (non-hydrogen) atoms. The molecule has 0 amide bonds. The summed E-state index contributed by atoms with van der Waals surface area (Å²) < 4.78 is 8.23. The molecule has 1 heterocycles. The lowest BCUT2D eigenvalue weighted by Crippen LogP contribution is -3.00. The fourth-order valence-electron chi connectivity index (χ4n) is 2.85. The van der Waals surface area contributed by atoms with Crippen molar-refractivity contribution in [2.24, 2.45) is 0 Å². The van der Waals surface area contributed by atoms with Gasteiger partial charge >= 0.3 is 5.89 Å². The largest absolute Gasteiger partial charge is 1.00 e. The minimum atomic E-state index is 0. The first-order chi connectivity index (χ1) is 12.4. The zero-order chi connectivity index (χ0) is 16.9. The van der Waals surface area contributed by atoms with E-state index in [1.54, 1.807) is 0 Å². The van der Waals surface area contributed by atoms with Crippen LogP contribution in [0.5, 0.6) is 0 Å². The van der Waals surface area contributed by atoms with E-state index in [1.807, 2.05) is 66.9 Å². The zero-order valence-electron chi connectivity index (χ0n) is 14.2. The number of rotatable bonds is 5. The fraction of sp³-hybridized carbons (Fsp3) is 0.0455. The van der Waals surface area contributed by atoms with Gasteiger partial charge in [0, 0.05) is 23.5 Å². The van der Waals surface area contributed by atoms with Gasteiger partial charge in [0.05, 0.1) is 6.08 Å². The second kappa shape index (κ2) is 8.50. The van der Waals surface area contributed by atoms with E-state index in [-0.39, 0.29) is 17.0 Å². The van der Waals surface area contributed by atoms with Crippen LogP contribution >= 0.6 is 0 Å². The number of nitrogens with one attached hydrogen (secondary N) is 1. The Morgan fingerprint density at radius 2 is 1.46 bits per heavy atom. The zero-order valence-corrected chi connectivity index (χ0v) is 15.8. The lowest BCUT2D eigenvalue weighted by atomic mass is 10.2. The van der Waals surface area contributed by atoms with E-state index < -0.39 is 0 Å². The molecular weight excluding hydrogens is 388 g/mol. The van der Waals surface area contributed by atoms with E-state index in [9.17, 15) is 0 Å². The molecule has 4 rings (SSSR count). The predicted octanol–water partition coefficient (Wildman–Crippen LogP) is 1.86. The van der Waals surface area contributed by atoms with Crippen LogP contribution in [0.1, 0.15) is 11.5 Å². The van der Waals surface area contributed by atoms with Crippen LogP contribution < -0.4 is 26.9 Å². The Balaban J connectivity index is 0.00000196. The maximum absolute atomic E-state index is 6.05. The van der Waals surface area contributed by atoms with Crippen LogP contribution in [0.3, 0.4) is 0 Å². The molecule has 3 nitrogen and oxygen atoms in total. The third-order valence-electron chi connectivity index (χ3n) is 4.07. The van der Waals surface area contributed by atoms with Crippen molar-refractivity contribution in [3.8, 4) is 0 Å². The number of nitrogens with zero attached hydrogens (tertiary/aromatic N) is 1. The summed E-state index contributed by atoms with van der Waals surface area (Å²) in [6, 6.07) is 28.6. The molecule has 0 saturated carbocycles. The number of oxazole rings is 1. The molecule has 0 spiro atoms. The number of fused-ring (bicyclic) bond motifs is 1. The molecule has 1 N–H and O–H groups in total. The first-order valence-corrected chi connectivity index (χ1v) is 8.33. The van der Waals surface area contributed by atoms with Crippen molar-refractivity contribution < 1.29 is 26.0 Å². The van der Waals surface area contributed by atoms with E-state index in [1.165, 1.54) is 5.56 Å². The Bertz CT molecular complexity index is 995. The Morgan fingerprint density at radius 1 is 0.808 bits per heavy atom. The second-order valence-electron chi connectivity index (χ2n) is 5.82. The molecule has 4 aromatic rings. The van der Waals surface area contributed by atoms with E-state index in [0.29, 0.717) is 0 Å². The fourth-order valence-corrected chi connectivity index (χ4v) is 2.85. The summed E-state index contributed by atoms with van der Waals surface area (Å²) in [7, 11) is 0. The van der Waals surface area contributed by atoms with Crippen LogP contribution in [-0.4, -0.2) is 0 Å². The number of hydrogen-bond donors (Lipinski definition) is 1. The Morgan fingerprint density at radius 3 is 2.23 bits per heavy atom. The van der Waals surface area contributed by atoms with Gasteiger partial charge in [0.1, 0.15) is 0 Å². The lowest BCUT2D eigenvalue weighted by Gasteiger charge is -1.98. The van der Waals surface area contributed by atoms with Crippen LogP contribution in [0.2, 0.25) is 0 Å². The summed E-state index contributed by atoms with van der Waals surface area (Å²) in [4.78, 5) is 0. The molecule has 4 heteroatoms. The van der Waals surface area contributed by atoms with Crippen LogP contribution in [0.15, 0.2) is 95.5 Å². The molecule has 0 saturated heterocycles. The molecule has 0 radical (unpaired) electrons. The SMILES string of the molecule is C(=Cc1oc2ccccc2[n+]1Cc1ccccc1)Nc1ccccc1.[Br-]. The molecule has 0 atom stereocenters. The van der Waals surface area contributed by atoms with Crippen LogP contribution in [0.4, 0.5) is 5.69 Å².